The number of hydrogen-bond donors (Lipinski definition) is 0. The van der Waals surface area contributed by atoms with E-state index in [9.17, 15) is 0 Å². The molecular weight excluding hydrogens is 1800 g/mol. The SMILES string of the molecule is CC(C)(C)[n+]1c2ccccc2c(Cl)c2ccccc21.CC(C)(C)[n+]1cccc2ccccc21.CC(C)(C)[n+]1cccnc1.CC(C)(C)[n+]1ccco1.CC(C)(C)[n+]1cccs1.CC(C)(C)[n+]1ccnc2ccccc21.CC(C)(C)[n+]1ccncn1.CC(C)(C)[n+]1ncnn1-c1ccccc1.C[n+]1c(C(C)(C)C)ccc2ccccc21.Cc1cc(-c2ccccc2)o[n+]1C(C)(C)C.Cc1cc(C)[n+](C(C)(C)C)o1. The predicted molar refractivity (Wildman–Crippen MR) is 576 cm³/mol. The number of para-hydroxylation sites is 7. The second kappa shape index (κ2) is 48.7. The fraction of sp³-hybridized carbons (Fsp3) is 0.403. The highest BCUT2D eigenvalue weighted by Gasteiger charge is 2.35. The van der Waals surface area contributed by atoms with Gasteiger partial charge in [-0.25, -0.2) is 28.1 Å². The number of halogens is 1. The van der Waals surface area contributed by atoms with Gasteiger partial charge in [0, 0.05) is 279 Å². The van der Waals surface area contributed by atoms with Crippen LogP contribution in [0.2, 0.25) is 5.02 Å². The first kappa shape index (κ1) is 114. The fourth-order valence-corrected chi connectivity index (χ4v) is 16.4. The zero-order chi connectivity index (χ0) is 105. The van der Waals surface area contributed by atoms with E-state index in [-0.39, 0.29) is 60.8 Å². The van der Waals surface area contributed by atoms with Crippen molar-refractivity contribution in [3.63, 3.8) is 0 Å². The van der Waals surface area contributed by atoms with E-state index in [4.69, 9.17) is 25.2 Å². The largest absolute Gasteiger partial charge is 0.297 e. The molecule has 23 heteroatoms. The topological polar surface area (TPSA) is 164 Å². The van der Waals surface area contributed by atoms with Gasteiger partial charge in [-0.3, -0.25) is 0 Å². The molecule has 0 saturated carbocycles. The summed E-state index contributed by atoms with van der Waals surface area (Å²) in [7, 11) is 2.14. The molecule has 750 valence electrons. The summed E-state index contributed by atoms with van der Waals surface area (Å²) in [6, 6.07) is 80.7. The molecule has 7 aromatic carbocycles. The first-order valence-electron chi connectivity index (χ1n) is 49.0. The molecule has 18 rings (SSSR count). The molecule has 0 atom stereocenters. The maximum absolute atomic E-state index is 6.58. The number of hydrogen-bond acceptors (Lipinski definition) is 10. The van der Waals surface area contributed by atoms with Gasteiger partial charge in [0.05, 0.1) is 57.0 Å². The minimum Gasteiger partial charge on any atom is -0.244 e. The molecule has 0 spiro atoms. The highest BCUT2D eigenvalue weighted by atomic mass is 35.5. The molecule has 142 heavy (non-hydrogen) atoms. The van der Waals surface area contributed by atoms with Crippen molar-refractivity contribution in [3.05, 3.63) is 351 Å². The monoisotopic (exact) mass is 1960 g/mol. The van der Waals surface area contributed by atoms with Crippen LogP contribution in [0.3, 0.4) is 0 Å². The van der Waals surface area contributed by atoms with Crippen molar-refractivity contribution in [3.8, 4) is 17.0 Å². The summed E-state index contributed by atoms with van der Waals surface area (Å²) in [5, 5.41) is 20.3. The lowest BCUT2D eigenvalue weighted by Gasteiger charge is -2.18. The van der Waals surface area contributed by atoms with Gasteiger partial charge >= 0.3 is 0 Å². The second-order valence-corrected chi connectivity index (χ2v) is 47.4. The molecule has 18 aromatic rings. The summed E-state index contributed by atoms with van der Waals surface area (Å²) >= 11 is 8.33. The summed E-state index contributed by atoms with van der Waals surface area (Å²) in [5.74, 6) is 1.89. The molecule has 21 nitrogen and oxygen atoms in total. The normalized spacial score (nSPS) is 11.9. The Morgan fingerprint density at radius 2 is 0.887 bits per heavy atom. The van der Waals surface area contributed by atoms with Crippen LogP contribution in [0.1, 0.15) is 251 Å². The minimum atomic E-state index is -0.0770. The molecule has 0 bridgehead atoms. The van der Waals surface area contributed by atoms with Gasteiger partial charge in [0.1, 0.15) is 47.1 Å². The molecule has 0 radical (unpaired) electrons. The van der Waals surface area contributed by atoms with Crippen LogP contribution in [-0.4, -0.2) is 35.0 Å². The lowest BCUT2D eigenvalue weighted by Crippen LogP contribution is -2.58. The first-order chi connectivity index (χ1) is 66.1. The van der Waals surface area contributed by atoms with Gasteiger partial charge in [-0.15, -0.1) is 3.96 Å². The fourth-order valence-electron chi connectivity index (χ4n) is 15.3. The van der Waals surface area contributed by atoms with Gasteiger partial charge in [0.25, 0.3) is 12.7 Å². The summed E-state index contributed by atoms with van der Waals surface area (Å²) in [5.41, 5.74) is 13.9. The highest BCUT2D eigenvalue weighted by Crippen LogP contribution is 2.32. The average Bonchev–Trinajstić information content (AvgIpc) is 0.826. The maximum atomic E-state index is 6.58. The molecule has 0 aliphatic carbocycles. The van der Waals surface area contributed by atoms with Gasteiger partial charge in [-0.1, -0.05) is 151 Å². The Morgan fingerprint density at radius 3 is 1.32 bits per heavy atom. The Labute approximate surface area is 856 Å². The van der Waals surface area contributed by atoms with Gasteiger partial charge in [-0.05, 0) is 120 Å². The molecule has 0 fully saturated rings. The Balaban J connectivity index is 0.000000193. The van der Waals surface area contributed by atoms with Crippen LogP contribution in [0.4, 0.5) is 0 Å². The summed E-state index contributed by atoms with van der Waals surface area (Å²) < 4.78 is 37.6. The number of nitrogens with zero attached hydrogens (tertiary/aromatic N) is 18. The Kier molecular flexibility index (Phi) is 39.2. The molecule has 11 aromatic heterocycles. The Morgan fingerprint density at radius 1 is 0.373 bits per heavy atom. The maximum Gasteiger partial charge on any atom is 0.297 e. The number of aryl methyl sites for hydroxylation is 4. The van der Waals surface area contributed by atoms with Crippen molar-refractivity contribution in [2.24, 2.45) is 7.05 Å². The molecule has 0 saturated heterocycles. The molecule has 0 aliphatic heterocycles. The third-order valence-electron chi connectivity index (χ3n) is 22.1. The van der Waals surface area contributed by atoms with Crippen LogP contribution in [0.25, 0.3) is 71.7 Å². The van der Waals surface area contributed by atoms with Crippen LogP contribution >= 0.6 is 23.1 Å². The molecule has 11 heterocycles. The molecular formula is C119H164ClN18O3S+11. The lowest BCUT2D eigenvalue weighted by molar-refractivity contribution is -0.911. The third-order valence-corrected chi connectivity index (χ3v) is 23.7. The van der Waals surface area contributed by atoms with E-state index in [0.717, 1.165) is 49.8 Å². The van der Waals surface area contributed by atoms with E-state index in [1.165, 1.54) is 49.7 Å². The third kappa shape index (κ3) is 33.6. The van der Waals surface area contributed by atoms with E-state index in [0.29, 0.717) is 0 Å². The minimum absolute atomic E-state index is 0.00377. The molecule has 0 N–H and O–H groups in total. The number of pyridine rings is 3. The second-order valence-electron chi connectivity index (χ2n) is 46.1. The van der Waals surface area contributed by atoms with Gasteiger partial charge < -0.3 is 0 Å². The summed E-state index contributed by atoms with van der Waals surface area (Å²) in [6.07, 6.45) is 24.1. The molecule has 0 amide bonds. The van der Waals surface area contributed by atoms with E-state index in [1.807, 2.05) is 165 Å². The van der Waals surface area contributed by atoms with E-state index < -0.39 is 0 Å². The van der Waals surface area contributed by atoms with E-state index in [2.05, 4.69) is 464 Å². The summed E-state index contributed by atoms with van der Waals surface area (Å²) in [4.78, 5) is 15.8. The van der Waals surface area contributed by atoms with Crippen molar-refractivity contribution in [1.29, 1.82) is 0 Å². The standard InChI is InChI=1S/C17H17ClN.C14H18NO.C14H18N.C13H16N.C12H15N2.C11H15N4.C9H16NO.C8H13N2.C7H12N3.C7H12NO.C7H12NS/c1-17(2,3)19-14-10-6-4-8-12(14)16(18)13-9-5-7-11-15(13)19;1-11-10-13(12-8-6-5-7-9-12)16-15(11)14(2,3)4;1-14(2,3)13-10-9-11-7-5-6-8-12(11)15(13)4;1-13(2,3)14-10-6-8-11-7-4-5-9-12(11)14;1-12(2,3)14-9-8-13-10-6-4-5-7-11(10)14;1-11(2,3)15-13-9-12-14(15)10-7-5-4-6-8-10;1-7-6-8(2)11-10(7)9(3,4)5;1-8(2,3)10-6-4-5-9-7-10;1-7(2,3)10-5-4-8-6-9-10;2*1-7(2,3)8-5-4-6-9-8/h4-11H,1-3H3;5-10H,1-4H3;5-10H,1-4H3;4-10H,1-3H3;4-9H,1-3H3;4-9H,1-3H3;6H,1-5H3;4-7H,1-3H3;4-6H,1-3H3;2*4-6H,1-3H3/q11*+1. The summed E-state index contributed by atoms with van der Waals surface area (Å²) in [6.45, 7) is 77.4. The smallest absolute Gasteiger partial charge is 0.244 e. The highest BCUT2D eigenvalue weighted by molar-refractivity contribution is 6.99. The van der Waals surface area contributed by atoms with Gasteiger partial charge in [-0.2, -0.15) is 18.3 Å². The van der Waals surface area contributed by atoms with Crippen LogP contribution in [0.15, 0.2) is 337 Å². The first-order valence-corrected chi connectivity index (χ1v) is 50.3. The van der Waals surface area contributed by atoms with Crippen LogP contribution in [0.5, 0.6) is 0 Å². The van der Waals surface area contributed by atoms with Crippen molar-refractivity contribution in [2.45, 2.75) is 310 Å². The Bertz CT molecular complexity index is 6650. The zero-order valence-electron chi connectivity index (χ0n) is 92.2. The number of benzene rings is 7. The van der Waals surface area contributed by atoms with E-state index in [1.54, 1.807) is 47.6 Å². The van der Waals surface area contributed by atoms with Crippen molar-refractivity contribution >= 4 is 77.8 Å². The molecule has 0 aliphatic rings. The van der Waals surface area contributed by atoms with Crippen molar-refractivity contribution in [2.75, 3.05) is 0 Å². The quantitative estimate of drug-likeness (QED) is 0.121. The number of rotatable bonds is 2. The van der Waals surface area contributed by atoms with Crippen LogP contribution in [-0.2, 0) is 67.9 Å². The number of aromatic nitrogens is 18. The number of tetrazole rings is 1. The Hall–Kier alpha value is -12.9. The van der Waals surface area contributed by atoms with Crippen LogP contribution in [0, 0.1) is 20.8 Å². The van der Waals surface area contributed by atoms with Gasteiger partial charge in [0.15, 0.2) is 70.3 Å². The van der Waals surface area contributed by atoms with Crippen LogP contribution < -0.4 is 50.5 Å². The van der Waals surface area contributed by atoms with Crippen molar-refractivity contribution in [1.82, 2.24) is 35.0 Å². The lowest BCUT2D eigenvalue weighted by atomic mass is 9.90. The van der Waals surface area contributed by atoms with E-state index >= 15 is 0 Å². The van der Waals surface area contributed by atoms with Crippen molar-refractivity contribution < 1.29 is 64.1 Å². The average molecular weight is 1960 g/mol. The predicted octanol–water partition coefficient (Wildman–Crippen LogP) is 24.1. The molecule has 0 unspecified atom stereocenters. The van der Waals surface area contributed by atoms with Gasteiger partial charge in [0.2, 0.25) is 73.7 Å². The number of fused-ring (bicyclic) bond motifs is 5. The zero-order valence-corrected chi connectivity index (χ0v) is 93.7.